The molecule has 1 aliphatic rings. The summed E-state index contributed by atoms with van der Waals surface area (Å²) in [5.41, 5.74) is 0.498. The zero-order chi connectivity index (χ0) is 16.4. The van der Waals surface area contributed by atoms with Crippen molar-refractivity contribution in [3.8, 4) is 5.75 Å². The van der Waals surface area contributed by atoms with Crippen LogP contribution in [-0.2, 0) is 9.47 Å². The van der Waals surface area contributed by atoms with Gasteiger partial charge in [-0.3, -0.25) is 4.79 Å². The van der Waals surface area contributed by atoms with Gasteiger partial charge in [0.25, 0.3) is 5.91 Å². The Kier molecular flexibility index (Phi) is 4.75. The van der Waals surface area contributed by atoms with Gasteiger partial charge in [-0.25, -0.2) is 0 Å². The molecule has 1 aliphatic heterocycles. The van der Waals surface area contributed by atoms with Crippen molar-refractivity contribution < 1.29 is 23.4 Å². The van der Waals surface area contributed by atoms with Gasteiger partial charge in [0.2, 0.25) is 0 Å². The summed E-state index contributed by atoms with van der Waals surface area (Å²) < 4.78 is 21.6. The van der Waals surface area contributed by atoms with Crippen molar-refractivity contribution >= 4 is 28.5 Å². The van der Waals surface area contributed by atoms with Crippen molar-refractivity contribution in [1.29, 1.82) is 0 Å². The van der Waals surface area contributed by atoms with Gasteiger partial charge in [-0.15, -0.1) is 0 Å². The summed E-state index contributed by atoms with van der Waals surface area (Å²) in [5, 5.41) is 4.17. The molecule has 2 heterocycles. The van der Waals surface area contributed by atoms with E-state index >= 15 is 0 Å². The number of fused-ring (bicyclic) bond motifs is 1. The van der Waals surface area contributed by atoms with Crippen LogP contribution < -0.4 is 10.1 Å². The second-order valence-electron chi connectivity index (χ2n) is 5.35. The first-order valence-electron chi connectivity index (χ1n) is 7.31. The highest BCUT2D eigenvalue weighted by Gasteiger charge is 2.28. The maximum absolute atomic E-state index is 12.5. The Hall–Kier alpha value is -1.76. The number of rotatable bonds is 4. The normalized spacial score (nSPS) is 21.3. The Labute approximate surface area is 138 Å². The molecule has 0 aliphatic carbocycles. The van der Waals surface area contributed by atoms with E-state index in [9.17, 15) is 4.79 Å². The summed E-state index contributed by atoms with van der Waals surface area (Å²) in [4.78, 5) is 12.5. The van der Waals surface area contributed by atoms with Crippen LogP contribution in [0.4, 0.5) is 0 Å². The Bertz CT molecular complexity index is 714. The van der Waals surface area contributed by atoms with Crippen LogP contribution in [0.1, 0.15) is 17.0 Å². The van der Waals surface area contributed by atoms with Gasteiger partial charge in [0.1, 0.15) is 6.10 Å². The van der Waals surface area contributed by atoms with E-state index in [0.29, 0.717) is 36.0 Å². The molecular weight excluding hydrogens is 322 g/mol. The molecule has 0 bridgehead atoms. The second kappa shape index (κ2) is 6.78. The highest BCUT2D eigenvalue weighted by Crippen LogP contribution is 2.32. The third-order valence-corrected chi connectivity index (χ3v) is 4.13. The Balaban J connectivity index is 1.83. The maximum atomic E-state index is 12.5. The molecule has 1 saturated heterocycles. The van der Waals surface area contributed by atoms with Crippen LogP contribution in [-0.4, -0.2) is 45.5 Å². The molecule has 0 radical (unpaired) electrons. The molecule has 23 heavy (non-hydrogen) atoms. The molecule has 124 valence electrons. The second-order valence-corrected chi connectivity index (χ2v) is 5.79. The minimum Gasteiger partial charge on any atom is -0.493 e. The minimum absolute atomic E-state index is 0.111. The van der Waals surface area contributed by atoms with E-state index in [0.717, 1.165) is 5.39 Å². The van der Waals surface area contributed by atoms with Crippen LogP contribution in [0.15, 0.2) is 22.6 Å². The molecule has 7 heteroatoms. The number of ether oxygens (including phenoxy) is 3. The summed E-state index contributed by atoms with van der Waals surface area (Å²) in [7, 11) is 3.13. The average Bonchev–Trinajstić information content (AvgIpc) is 2.98. The number of halogens is 1. The molecule has 6 nitrogen and oxygen atoms in total. The van der Waals surface area contributed by atoms with Crippen LogP contribution in [0.3, 0.4) is 0 Å². The van der Waals surface area contributed by atoms with Gasteiger partial charge in [-0.05, 0) is 18.6 Å². The molecule has 0 spiro atoms. The maximum Gasteiger partial charge on any atom is 0.287 e. The van der Waals surface area contributed by atoms with E-state index in [2.05, 4.69) is 5.32 Å². The fourth-order valence-corrected chi connectivity index (χ4v) is 2.91. The molecule has 1 fully saturated rings. The largest absolute Gasteiger partial charge is 0.493 e. The van der Waals surface area contributed by atoms with Gasteiger partial charge in [0, 0.05) is 30.2 Å². The molecule has 2 atom stereocenters. The number of furan rings is 1. The molecule has 0 saturated carbocycles. The Morgan fingerprint density at radius 2 is 2.17 bits per heavy atom. The molecular formula is C16H18ClNO5. The molecule has 1 N–H and O–H groups in total. The molecule has 1 amide bonds. The number of methoxy groups -OCH3 is 2. The Morgan fingerprint density at radius 3 is 2.91 bits per heavy atom. The van der Waals surface area contributed by atoms with Crippen molar-refractivity contribution in [3.05, 3.63) is 29.0 Å². The predicted molar refractivity (Wildman–Crippen MR) is 85.3 cm³/mol. The van der Waals surface area contributed by atoms with Crippen molar-refractivity contribution in [3.63, 3.8) is 0 Å². The third kappa shape index (κ3) is 3.29. The first-order valence-corrected chi connectivity index (χ1v) is 7.68. The fraction of sp³-hybridized carbons (Fsp3) is 0.438. The summed E-state index contributed by atoms with van der Waals surface area (Å²) in [5.74, 6) is 0.405. The lowest BCUT2D eigenvalue weighted by atomic mass is 10.1. The molecule has 0 unspecified atom stereocenters. The van der Waals surface area contributed by atoms with Gasteiger partial charge >= 0.3 is 0 Å². The summed E-state index contributed by atoms with van der Waals surface area (Å²) >= 11 is 6.03. The van der Waals surface area contributed by atoms with Crippen LogP contribution in [0, 0.1) is 0 Å². The molecule has 1 aromatic heterocycles. The highest BCUT2D eigenvalue weighted by molar-refractivity contribution is 6.31. The van der Waals surface area contributed by atoms with E-state index in [1.54, 1.807) is 25.3 Å². The number of amides is 1. The highest BCUT2D eigenvalue weighted by atomic mass is 35.5. The van der Waals surface area contributed by atoms with Gasteiger partial charge in [-0.1, -0.05) is 11.6 Å². The van der Waals surface area contributed by atoms with Gasteiger partial charge in [-0.2, -0.15) is 0 Å². The van der Waals surface area contributed by atoms with Crippen LogP contribution in [0.2, 0.25) is 5.02 Å². The van der Waals surface area contributed by atoms with Gasteiger partial charge in [0.15, 0.2) is 17.1 Å². The SMILES string of the molecule is COc1cc(Cl)cc2cc(C(=O)N[C@@H]3CCOC[C@H]3OC)oc12. The van der Waals surface area contributed by atoms with Crippen molar-refractivity contribution in [2.75, 3.05) is 27.4 Å². The number of hydrogen-bond acceptors (Lipinski definition) is 5. The number of carbonyl (C=O) groups is 1. The lowest BCUT2D eigenvalue weighted by Crippen LogP contribution is -2.49. The van der Waals surface area contributed by atoms with Crippen LogP contribution in [0.5, 0.6) is 5.75 Å². The summed E-state index contributed by atoms with van der Waals surface area (Å²) in [6.07, 6.45) is 0.528. The summed E-state index contributed by atoms with van der Waals surface area (Å²) in [6.45, 7) is 1.05. The van der Waals surface area contributed by atoms with Crippen molar-refractivity contribution in [2.24, 2.45) is 0 Å². The quantitative estimate of drug-likeness (QED) is 0.927. The van der Waals surface area contributed by atoms with E-state index in [-0.39, 0.29) is 23.8 Å². The van der Waals surface area contributed by atoms with E-state index in [4.69, 9.17) is 30.2 Å². The number of hydrogen-bond donors (Lipinski definition) is 1. The number of nitrogens with one attached hydrogen (secondary N) is 1. The molecule has 3 rings (SSSR count). The molecule has 1 aromatic carbocycles. The first kappa shape index (κ1) is 16.1. The smallest absolute Gasteiger partial charge is 0.287 e. The Morgan fingerprint density at radius 1 is 1.35 bits per heavy atom. The van der Waals surface area contributed by atoms with E-state index < -0.39 is 0 Å². The van der Waals surface area contributed by atoms with Crippen LogP contribution >= 0.6 is 11.6 Å². The topological polar surface area (TPSA) is 69.9 Å². The van der Waals surface area contributed by atoms with Crippen molar-refractivity contribution in [2.45, 2.75) is 18.6 Å². The fourth-order valence-electron chi connectivity index (χ4n) is 2.70. The predicted octanol–water partition coefficient (Wildman–Crippen LogP) is 2.63. The van der Waals surface area contributed by atoms with E-state index in [1.807, 2.05) is 0 Å². The number of benzene rings is 1. The van der Waals surface area contributed by atoms with Crippen LogP contribution in [0.25, 0.3) is 11.0 Å². The lowest BCUT2D eigenvalue weighted by Gasteiger charge is -2.30. The van der Waals surface area contributed by atoms with Crippen molar-refractivity contribution in [1.82, 2.24) is 5.32 Å². The summed E-state index contributed by atoms with van der Waals surface area (Å²) in [6, 6.07) is 4.92. The van der Waals surface area contributed by atoms with Gasteiger partial charge < -0.3 is 23.9 Å². The van der Waals surface area contributed by atoms with Gasteiger partial charge in [0.05, 0.1) is 19.8 Å². The standard InChI is InChI=1S/C16H18ClNO5/c1-20-12-7-10(17)5-9-6-13(23-15(9)12)16(19)18-11-3-4-22-8-14(11)21-2/h5-7,11,14H,3-4,8H2,1-2H3,(H,18,19)/t11-,14-/m1/s1. The molecule has 2 aromatic rings. The first-order chi connectivity index (χ1) is 11.1. The zero-order valence-corrected chi connectivity index (χ0v) is 13.7. The monoisotopic (exact) mass is 339 g/mol. The number of carbonyl (C=O) groups excluding carboxylic acids is 1. The average molecular weight is 340 g/mol. The lowest BCUT2D eigenvalue weighted by molar-refractivity contribution is -0.0480. The zero-order valence-electron chi connectivity index (χ0n) is 12.9. The third-order valence-electron chi connectivity index (χ3n) is 3.91. The minimum atomic E-state index is -0.298. The van der Waals surface area contributed by atoms with E-state index in [1.165, 1.54) is 7.11 Å².